The van der Waals surface area contributed by atoms with Gasteiger partial charge in [-0.25, -0.2) is 0 Å². The highest BCUT2D eigenvalue weighted by molar-refractivity contribution is 5.94. The van der Waals surface area contributed by atoms with Crippen molar-refractivity contribution in [2.45, 2.75) is 39.7 Å². The summed E-state index contributed by atoms with van der Waals surface area (Å²) in [4.78, 5) is 29.7. The van der Waals surface area contributed by atoms with Crippen molar-refractivity contribution in [2.24, 2.45) is 0 Å². The zero-order chi connectivity index (χ0) is 15.9. The van der Waals surface area contributed by atoms with E-state index in [1.807, 2.05) is 13.8 Å². The van der Waals surface area contributed by atoms with Gasteiger partial charge in [-0.1, -0.05) is 0 Å². The van der Waals surface area contributed by atoms with Crippen LogP contribution in [0.2, 0.25) is 0 Å². The Bertz CT molecular complexity index is 755. The van der Waals surface area contributed by atoms with E-state index in [4.69, 9.17) is 0 Å². The number of amides is 1. The molecule has 0 saturated carbocycles. The largest absolute Gasteiger partial charge is 0.366 e. The molecule has 3 heterocycles. The normalized spacial score (nSPS) is 18.0. The fourth-order valence-corrected chi connectivity index (χ4v) is 3.27. The maximum absolute atomic E-state index is 12.8. The average molecular weight is 300 g/mol. The number of aryl methyl sites for hydroxylation is 3. The molecule has 1 atom stereocenters. The zero-order valence-corrected chi connectivity index (χ0v) is 13.1. The standard InChI is InChI=1S/C16H20N4O2/c1-9-7-17-8-12(15(9)21)16(22)20-6-4-5-13(20)14-10(2)18-19-11(14)3/h7-8,13H,4-6H2,1-3H3,(H,17,21)(H,18,19). The van der Waals surface area contributed by atoms with Crippen molar-refractivity contribution in [2.75, 3.05) is 6.54 Å². The number of aromatic nitrogens is 3. The number of rotatable bonds is 2. The Hall–Kier alpha value is -2.37. The highest BCUT2D eigenvalue weighted by Gasteiger charge is 2.34. The average Bonchev–Trinajstić information content (AvgIpc) is 3.08. The molecule has 0 spiro atoms. The van der Waals surface area contributed by atoms with Crippen LogP contribution >= 0.6 is 0 Å². The molecule has 1 aliphatic heterocycles. The number of nitrogens with one attached hydrogen (secondary N) is 2. The van der Waals surface area contributed by atoms with Gasteiger partial charge in [-0.15, -0.1) is 0 Å². The number of H-pyrrole nitrogens is 2. The number of hydrogen-bond acceptors (Lipinski definition) is 3. The number of aromatic amines is 2. The molecule has 1 fully saturated rings. The third-order valence-corrected chi connectivity index (χ3v) is 4.39. The monoisotopic (exact) mass is 300 g/mol. The van der Waals surface area contributed by atoms with Crippen LogP contribution in [0.3, 0.4) is 0 Å². The van der Waals surface area contributed by atoms with Gasteiger partial charge in [0.1, 0.15) is 5.56 Å². The highest BCUT2D eigenvalue weighted by atomic mass is 16.2. The van der Waals surface area contributed by atoms with Gasteiger partial charge in [0, 0.05) is 35.8 Å². The first-order chi connectivity index (χ1) is 10.5. The van der Waals surface area contributed by atoms with Crippen LogP contribution in [-0.4, -0.2) is 32.5 Å². The molecule has 0 aromatic carbocycles. The van der Waals surface area contributed by atoms with E-state index in [1.165, 1.54) is 6.20 Å². The molecule has 0 bridgehead atoms. The molecular weight excluding hydrogens is 280 g/mol. The maximum Gasteiger partial charge on any atom is 0.259 e. The second-order valence-electron chi connectivity index (χ2n) is 5.89. The van der Waals surface area contributed by atoms with E-state index in [1.54, 1.807) is 18.0 Å². The quantitative estimate of drug-likeness (QED) is 0.890. The van der Waals surface area contributed by atoms with Gasteiger partial charge in [-0.2, -0.15) is 5.10 Å². The molecule has 1 amide bonds. The van der Waals surface area contributed by atoms with E-state index >= 15 is 0 Å². The highest BCUT2D eigenvalue weighted by Crippen LogP contribution is 2.35. The summed E-state index contributed by atoms with van der Waals surface area (Å²) in [5.41, 5.74) is 3.55. The number of carbonyl (C=O) groups excluding carboxylic acids is 1. The van der Waals surface area contributed by atoms with Gasteiger partial charge >= 0.3 is 0 Å². The lowest BCUT2D eigenvalue weighted by atomic mass is 10.0. The van der Waals surface area contributed by atoms with Gasteiger partial charge in [0.2, 0.25) is 0 Å². The molecular formula is C16H20N4O2. The number of likely N-dealkylation sites (tertiary alicyclic amines) is 1. The van der Waals surface area contributed by atoms with Crippen molar-refractivity contribution < 1.29 is 4.79 Å². The number of pyridine rings is 1. The van der Waals surface area contributed by atoms with Gasteiger partial charge < -0.3 is 9.88 Å². The van der Waals surface area contributed by atoms with Crippen LogP contribution in [0.15, 0.2) is 17.2 Å². The maximum atomic E-state index is 12.8. The molecule has 0 radical (unpaired) electrons. The minimum atomic E-state index is -0.201. The Labute approximate surface area is 128 Å². The van der Waals surface area contributed by atoms with Crippen LogP contribution in [-0.2, 0) is 0 Å². The summed E-state index contributed by atoms with van der Waals surface area (Å²) < 4.78 is 0. The van der Waals surface area contributed by atoms with Crippen molar-refractivity contribution in [3.8, 4) is 0 Å². The first kappa shape index (κ1) is 14.6. The van der Waals surface area contributed by atoms with Gasteiger partial charge in [-0.05, 0) is 33.6 Å². The third kappa shape index (κ3) is 2.24. The van der Waals surface area contributed by atoms with Crippen LogP contribution < -0.4 is 5.43 Å². The number of nitrogens with zero attached hydrogens (tertiary/aromatic N) is 2. The Kier molecular flexibility index (Phi) is 3.60. The molecule has 22 heavy (non-hydrogen) atoms. The fraction of sp³-hybridized carbons (Fsp3) is 0.438. The van der Waals surface area contributed by atoms with Gasteiger partial charge in [0.25, 0.3) is 5.91 Å². The molecule has 2 aromatic heterocycles. The van der Waals surface area contributed by atoms with E-state index in [0.29, 0.717) is 12.1 Å². The van der Waals surface area contributed by atoms with Crippen molar-refractivity contribution in [1.82, 2.24) is 20.1 Å². The topological polar surface area (TPSA) is 81.8 Å². The van der Waals surface area contributed by atoms with Crippen molar-refractivity contribution in [1.29, 1.82) is 0 Å². The SMILES string of the molecule is Cc1n[nH]c(C)c1C1CCCN1C(=O)c1c[nH]cc(C)c1=O. The zero-order valence-electron chi connectivity index (χ0n) is 13.1. The Morgan fingerprint density at radius 2 is 2.09 bits per heavy atom. The lowest BCUT2D eigenvalue weighted by Gasteiger charge is -2.25. The summed E-state index contributed by atoms with van der Waals surface area (Å²) in [6.07, 6.45) is 4.95. The van der Waals surface area contributed by atoms with E-state index in [2.05, 4.69) is 15.2 Å². The fourth-order valence-electron chi connectivity index (χ4n) is 3.27. The van der Waals surface area contributed by atoms with Crippen molar-refractivity contribution in [3.05, 3.63) is 50.7 Å². The summed E-state index contributed by atoms with van der Waals surface area (Å²) in [5.74, 6) is -0.201. The van der Waals surface area contributed by atoms with Gasteiger partial charge in [-0.3, -0.25) is 14.7 Å². The van der Waals surface area contributed by atoms with Crippen LogP contribution in [0.5, 0.6) is 0 Å². The minimum absolute atomic E-state index is 0.00818. The molecule has 1 aliphatic rings. The second kappa shape index (κ2) is 5.44. The molecule has 116 valence electrons. The number of hydrogen-bond donors (Lipinski definition) is 2. The molecule has 6 heteroatoms. The predicted octanol–water partition coefficient (Wildman–Crippen LogP) is 2.00. The summed E-state index contributed by atoms with van der Waals surface area (Å²) in [7, 11) is 0. The molecule has 6 nitrogen and oxygen atoms in total. The lowest BCUT2D eigenvalue weighted by molar-refractivity contribution is 0.0733. The van der Waals surface area contributed by atoms with E-state index < -0.39 is 0 Å². The molecule has 1 unspecified atom stereocenters. The number of carbonyl (C=O) groups is 1. The Morgan fingerprint density at radius 1 is 1.32 bits per heavy atom. The smallest absolute Gasteiger partial charge is 0.259 e. The summed E-state index contributed by atoms with van der Waals surface area (Å²) >= 11 is 0. The lowest BCUT2D eigenvalue weighted by Crippen LogP contribution is -2.34. The van der Waals surface area contributed by atoms with Gasteiger partial charge in [0.15, 0.2) is 5.43 Å². The molecule has 1 saturated heterocycles. The Balaban J connectivity index is 1.99. The van der Waals surface area contributed by atoms with Crippen LogP contribution in [0.1, 0.15) is 51.8 Å². The van der Waals surface area contributed by atoms with E-state index in [-0.39, 0.29) is 22.9 Å². The molecule has 2 N–H and O–H groups in total. The first-order valence-corrected chi connectivity index (χ1v) is 7.51. The van der Waals surface area contributed by atoms with Crippen LogP contribution in [0.4, 0.5) is 0 Å². The minimum Gasteiger partial charge on any atom is -0.366 e. The van der Waals surface area contributed by atoms with Crippen molar-refractivity contribution >= 4 is 5.91 Å². The Morgan fingerprint density at radius 3 is 2.77 bits per heavy atom. The molecule has 0 aliphatic carbocycles. The third-order valence-electron chi connectivity index (χ3n) is 4.39. The second-order valence-corrected chi connectivity index (χ2v) is 5.89. The summed E-state index contributed by atoms with van der Waals surface area (Å²) in [6.45, 7) is 6.29. The van der Waals surface area contributed by atoms with Crippen LogP contribution in [0.25, 0.3) is 0 Å². The summed E-state index contributed by atoms with van der Waals surface area (Å²) in [5, 5.41) is 7.21. The van der Waals surface area contributed by atoms with Crippen molar-refractivity contribution in [3.63, 3.8) is 0 Å². The first-order valence-electron chi connectivity index (χ1n) is 7.51. The van der Waals surface area contributed by atoms with E-state index in [9.17, 15) is 9.59 Å². The van der Waals surface area contributed by atoms with Crippen LogP contribution in [0, 0.1) is 20.8 Å². The molecule has 3 rings (SSSR count). The predicted molar refractivity (Wildman–Crippen MR) is 82.9 cm³/mol. The van der Waals surface area contributed by atoms with Gasteiger partial charge in [0.05, 0.1) is 11.7 Å². The van der Waals surface area contributed by atoms with E-state index in [0.717, 1.165) is 29.8 Å². The molecule has 2 aromatic rings. The summed E-state index contributed by atoms with van der Waals surface area (Å²) in [6, 6.07) is -0.00818.